The quantitative estimate of drug-likeness (QED) is 0.789. The Morgan fingerprint density at radius 2 is 1.85 bits per heavy atom. The molecule has 144 valence electrons. The van der Waals surface area contributed by atoms with E-state index in [4.69, 9.17) is 24.7 Å². The molecule has 0 radical (unpaired) electrons. The Balaban J connectivity index is 1.98. The van der Waals surface area contributed by atoms with Crippen LogP contribution in [0.25, 0.3) is 0 Å². The van der Waals surface area contributed by atoms with Crippen molar-refractivity contribution >= 4 is 5.91 Å². The van der Waals surface area contributed by atoms with Crippen molar-refractivity contribution in [2.24, 2.45) is 11.7 Å². The molecule has 0 bridgehead atoms. The van der Waals surface area contributed by atoms with Gasteiger partial charge in [0.15, 0.2) is 11.5 Å². The summed E-state index contributed by atoms with van der Waals surface area (Å²) < 4.78 is 21.6. The minimum Gasteiger partial charge on any atom is -0.498 e. The molecule has 2 aliphatic rings. The predicted molar refractivity (Wildman–Crippen MR) is 100 cm³/mol. The van der Waals surface area contributed by atoms with Gasteiger partial charge in [0, 0.05) is 30.7 Å². The Morgan fingerprint density at radius 1 is 1.11 bits per heavy atom. The van der Waals surface area contributed by atoms with Gasteiger partial charge in [-0.3, -0.25) is 4.79 Å². The molecule has 0 saturated carbocycles. The summed E-state index contributed by atoms with van der Waals surface area (Å²) in [5.74, 6) is 1.39. The maximum absolute atomic E-state index is 12.7. The second-order valence-corrected chi connectivity index (χ2v) is 6.25. The Bertz CT molecular complexity index is 841. The van der Waals surface area contributed by atoms with Gasteiger partial charge in [-0.05, 0) is 29.7 Å². The third kappa shape index (κ3) is 3.26. The minimum absolute atomic E-state index is 0.0856. The van der Waals surface area contributed by atoms with Crippen molar-refractivity contribution in [2.45, 2.75) is 12.5 Å². The van der Waals surface area contributed by atoms with Crippen molar-refractivity contribution in [1.82, 2.24) is 5.32 Å². The molecular weight excluding hydrogens is 348 g/mol. The molecule has 2 atom stereocenters. The maximum Gasteiger partial charge on any atom is 0.232 e. The van der Waals surface area contributed by atoms with E-state index in [0.717, 1.165) is 16.7 Å². The van der Waals surface area contributed by atoms with Crippen LogP contribution in [0.5, 0.6) is 11.5 Å². The Morgan fingerprint density at radius 3 is 2.44 bits per heavy atom. The normalized spacial score (nSPS) is 23.0. The number of carbonyl (C=O) groups is 1. The predicted octanol–water partition coefficient (Wildman–Crippen LogP) is 1.65. The number of nitrogens with two attached hydrogens (primary N) is 1. The number of hydrogen-bond donors (Lipinski definition) is 2. The number of rotatable bonds is 6. The highest BCUT2D eigenvalue weighted by Crippen LogP contribution is 2.40. The first-order valence-corrected chi connectivity index (χ1v) is 8.54. The highest BCUT2D eigenvalue weighted by atomic mass is 16.5. The zero-order valence-electron chi connectivity index (χ0n) is 15.9. The summed E-state index contributed by atoms with van der Waals surface area (Å²) in [4.78, 5) is 12.7. The van der Waals surface area contributed by atoms with Crippen LogP contribution in [0.4, 0.5) is 0 Å². The largest absolute Gasteiger partial charge is 0.498 e. The van der Waals surface area contributed by atoms with E-state index in [1.807, 2.05) is 18.2 Å². The molecule has 7 nitrogen and oxygen atoms in total. The van der Waals surface area contributed by atoms with Crippen molar-refractivity contribution in [3.63, 3.8) is 0 Å². The van der Waals surface area contributed by atoms with Crippen molar-refractivity contribution < 1.29 is 23.7 Å². The monoisotopic (exact) mass is 372 g/mol. The highest BCUT2D eigenvalue weighted by molar-refractivity contribution is 5.90. The lowest BCUT2D eigenvalue weighted by molar-refractivity contribution is -0.122. The van der Waals surface area contributed by atoms with E-state index >= 15 is 0 Å². The van der Waals surface area contributed by atoms with Crippen LogP contribution in [0, 0.1) is 5.92 Å². The lowest BCUT2D eigenvalue weighted by Gasteiger charge is -2.27. The van der Waals surface area contributed by atoms with E-state index < -0.39 is 6.10 Å². The zero-order chi connectivity index (χ0) is 19.6. The summed E-state index contributed by atoms with van der Waals surface area (Å²) in [7, 11) is 6.32. The van der Waals surface area contributed by atoms with Gasteiger partial charge in [-0.15, -0.1) is 0 Å². The van der Waals surface area contributed by atoms with Crippen molar-refractivity contribution in [1.29, 1.82) is 0 Å². The molecule has 2 unspecified atom stereocenters. The molecule has 1 heterocycles. The Labute approximate surface area is 158 Å². The molecule has 27 heavy (non-hydrogen) atoms. The Kier molecular flexibility index (Phi) is 5.41. The van der Waals surface area contributed by atoms with Gasteiger partial charge in [0.1, 0.15) is 11.9 Å². The third-order valence-corrected chi connectivity index (χ3v) is 4.89. The lowest BCUT2D eigenvalue weighted by atomic mass is 9.83. The van der Waals surface area contributed by atoms with Crippen LogP contribution in [0.3, 0.4) is 0 Å². The Hall–Kier alpha value is -2.93. The molecule has 0 aromatic heterocycles. The van der Waals surface area contributed by atoms with Gasteiger partial charge >= 0.3 is 0 Å². The maximum atomic E-state index is 12.7. The van der Waals surface area contributed by atoms with Gasteiger partial charge in [0.2, 0.25) is 5.91 Å². The van der Waals surface area contributed by atoms with Crippen molar-refractivity contribution in [3.05, 3.63) is 58.6 Å². The fourth-order valence-electron chi connectivity index (χ4n) is 3.61. The van der Waals surface area contributed by atoms with Gasteiger partial charge in [-0.2, -0.15) is 0 Å². The third-order valence-electron chi connectivity index (χ3n) is 4.89. The number of nitrogens with one attached hydrogen (secondary N) is 1. The summed E-state index contributed by atoms with van der Waals surface area (Å²) in [5, 5.41) is 2.93. The molecule has 0 fully saturated rings. The van der Waals surface area contributed by atoms with Gasteiger partial charge in [-0.25, -0.2) is 0 Å². The summed E-state index contributed by atoms with van der Waals surface area (Å²) in [5.41, 5.74) is 9.12. The fraction of sp³-hybridized carbons (Fsp3) is 0.350. The van der Waals surface area contributed by atoms with Crippen LogP contribution in [0.1, 0.15) is 5.56 Å². The van der Waals surface area contributed by atoms with Crippen LogP contribution in [0.15, 0.2) is 53.1 Å². The van der Waals surface area contributed by atoms with Crippen LogP contribution in [-0.2, 0) is 20.7 Å². The number of amides is 1. The topological polar surface area (TPSA) is 92.0 Å². The van der Waals surface area contributed by atoms with Crippen LogP contribution in [0.2, 0.25) is 0 Å². The number of carbonyl (C=O) groups excluding carboxylic acids is 1. The van der Waals surface area contributed by atoms with Gasteiger partial charge < -0.3 is 30.0 Å². The first kappa shape index (κ1) is 18.8. The number of methoxy groups -OCH3 is 4. The average molecular weight is 372 g/mol. The smallest absolute Gasteiger partial charge is 0.232 e. The first-order chi connectivity index (χ1) is 13.1. The van der Waals surface area contributed by atoms with Crippen LogP contribution < -0.4 is 20.5 Å². The second kappa shape index (κ2) is 7.75. The molecule has 7 heteroatoms. The fourth-order valence-corrected chi connectivity index (χ4v) is 3.61. The van der Waals surface area contributed by atoms with E-state index in [1.165, 1.54) is 6.20 Å². The molecule has 0 spiro atoms. The van der Waals surface area contributed by atoms with Crippen molar-refractivity contribution in [2.75, 3.05) is 28.4 Å². The highest BCUT2D eigenvalue weighted by Gasteiger charge is 2.41. The standard InChI is InChI=1S/C20H24N2O5/c1-24-15-6-5-11(8-16(15)25-2)7-12-18-13(10-21)19(27-4)17(26-3)9-14(18)22-20(12)23/h5-6,8-10,12,19H,7,21H2,1-4H3,(H,22,23). The number of hydrogen-bond acceptors (Lipinski definition) is 6. The van der Waals surface area contributed by atoms with E-state index in [1.54, 1.807) is 34.5 Å². The minimum atomic E-state index is -0.445. The molecule has 1 aromatic carbocycles. The van der Waals surface area contributed by atoms with E-state index in [9.17, 15) is 4.79 Å². The van der Waals surface area contributed by atoms with E-state index in [-0.39, 0.29) is 11.8 Å². The van der Waals surface area contributed by atoms with Gasteiger partial charge in [0.25, 0.3) is 0 Å². The average Bonchev–Trinajstić information content (AvgIpc) is 3.00. The molecule has 1 amide bonds. The van der Waals surface area contributed by atoms with E-state index in [0.29, 0.717) is 29.4 Å². The number of benzene rings is 1. The first-order valence-electron chi connectivity index (χ1n) is 8.54. The second-order valence-electron chi connectivity index (χ2n) is 6.25. The molecule has 0 saturated heterocycles. The summed E-state index contributed by atoms with van der Waals surface area (Å²) >= 11 is 0. The lowest BCUT2D eigenvalue weighted by Crippen LogP contribution is -2.27. The summed E-state index contributed by atoms with van der Waals surface area (Å²) in [6.45, 7) is 0. The van der Waals surface area contributed by atoms with Gasteiger partial charge in [-0.1, -0.05) is 6.07 Å². The molecule has 1 aromatic rings. The molecule has 1 aliphatic carbocycles. The summed E-state index contributed by atoms with van der Waals surface area (Å²) in [6, 6.07) is 5.63. The van der Waals surface area contributed by atoms with Crippen molar-refractivity contribution in [3.8, 4) is 11.5 Å². The molecule has 3 N–H and O–H groups in total. The molecular formula is C20H24N2O5. The van der Waals surface area contributed by atoms with Crippen LogP contribution >= 0.6 is 0 Å². The molecule has 3 rings (SSSR count). The van der Waals surface area contributed by atoms with Crippen LogP contribution in [-0.4, -0.2) is 40.5 Å². The molecule has 1 aliphatic heterocycles. The number of allylic oxidation sites excluding steroid dienone is 1. The van der Waals surface area contributed by atoms with E-state index in [2.05, 4.69) is 5.32 Å². The van der Waals surface area contributed by atoms with Gasteiger partial charge in [0.05, 0.1) is 27.2 Å². The number of ether oxygens (including phenoxy) is 4. The SMILES string of the molecule is COC1=CC2=C(C(=CN)C1OC)C(Cc1ccc(OC)c(OC)c1)C(=O)N2. The summed E-state index contributed by atoms with van der Waals surface area (Å²) in [6.07, 6.45) is 3.33. The zero-order valence-corrected chi connectivity index (χ0v) is 15.9.